The van der Waals surface area contributed by atoms with E-state index in [1.807, 2.05) is 66.9 Å². The van der Waals surface area contributed by atoms with Crippen LogP contribution in [0.3, 0.4) is 0 Å². The Labute approximate surface area is 202 Å². The lowest BCUT2D eigenvalue weighted by molar-refractivity contribution is -0.132. The van der Waals surface area contributed by atoms with Crippen molar-refractivity contribution in [2.75, 3.05) is 7.05 Å². The van der Waals surface area contributed by atoms with Gasteiger partial charge >= 0.3 is 6.09 Å². The highest BCUT2D eigenvalue weighted by Crippen LogP contribution is 2.20. The maximum Gasteiger partial charge on any atom is 0.408 e. The molecule has 1 atom stereocenters. The third-order valence-electron chi connectivity index (χ3n) is 5.49. The van der Waals surface area contributed by atoms with Gasteiger partial charge in [0.15, 0.2) is 0 Å². The second kappa shape index (κ2) is 10.9. The zero-order chi connectivity index (χ0) is 23.9. The van der Waals surface area contributed by atoms with Crippen molar-refractivity contribution in [2.45, 2.75) is 25.6 Å². The Balaban J connectivity index is 1.49. The van der Waals surface area contributed by atoms with Gasteiger partial charge in [-0.2, -0.15) is 0 Å². The topological polar surface area (TPSA) is 87.3 Å². The predicted octanol–water partition coefficient (Wildman–Crippen LogP) is 4.71. The summed E-state index contributed by atoms with van der Waals surface area (Å²) in [6, 6.07) is 19.9. The van der Waals surface area contributed by atoms with Gasteiger partial charge in [-0.3, -0.25) is 4.79 Å². The van der Waals surface area contributed by atoms with Crippen molar-refractivity contribution >= 4 is 34.5 Å². The number of nitrogens with one attached hydrogen (secondary N) is 2. The molecule has 0 saturated heterocycles. The van der Waals surface area contributed by atoms with Gasteiger partial charge in [0.1, 0.15) is 17.8 Å². The van der Waals surface area contributed by atoms with E-state index >= 15 is 0 Å². The maximum atomic E-state index is 13.4. The van der Waals surface area contributed by atoms with Gasteiger partial charge in [-0.1, -0.05) is 66.2 Å². The summed E-state index contributed by atoms with van der Waals surface area (Å²) in [5, 5.41) is 4.15. The molecule has 0 bridgehead atoms. The highest BCUT2D eigenvalue weighted by molar-refractivity contribution is 6.29. The van der Waals surface area contributed by atoms with E-state index in [1.165, 1.54) is 0 Å². The molecule has 0 spiro atoms. The molecule has 0 saturated carbocycles. The van der Waals surface area contributed by atoms with Crippen LogP contribution in [0.1, 0.15) is 16.7 Å². The van der Waals surface area contributed by atoms with E-state index in [-0.39, 0.29) is 12.5 Å². The molecule has 0 aliphatic carbocycles. The SMILES string of the molecule is CN(Cc1ccc(Cl)nc1)C(=O)[C@@H](Cc1c[nH]c2ccccc12)NC(=O)OCc1ccccc1. The average Bonchev–Trinajstić information content (AvgIpc) is 3.26. The number of amides is 2. The molecule has 0 aliphatic rings. The van der Waals surface area contributed by atoms with Gasteiger partial charge in [-0.05, 0) is 28.8 Å². The largest absolute Gasteiger partial charge is 0.445 e. The van der Waals surface area contributed by atoms with Crippen LogP contribution in [-0.4, -0.2) is 40.0 Å². The summed E-state index contributed by atoms with van der Waals surface area (Å²) >= 11 is 5.86. The number of likely N-dealkylation sites (N-methyl/N-ethyl adjacent to an activating group) is 1. The van der Waals surface area contributed by atoms with Crippen LogP contribution >= 0.6 is 11.6 Å². The number of ether oxygens (including phenoxy) is 1. The highest BCUT2D eigenvalue weighted by Gasteiger charge is 2.26. The van der Waals surface area contributed by atoms with E-state index in [0.717, 1.165) is 27.6 Å². The van der Waals surface area contributed by atoms with Crippen LogP contribution in [0, 0.1) is 0 Å². The third kappa shape index (κ3) is 5.94. The van der Waals surface area contributed by atoms with Crippen molar-refractivity contribution in [2.24, 2.45) is 0 Å². The fraction of sp³-hybridized carbons (Fsp3) is 0.192. The Bertz CT molecular complexity index is 1260. The van der Waals surface area contributed by atoms with Crippen LogP contribution in [0.25, 0.3) is 10.9 Å². The van der Waals surface area contributed by atoms with E-state index in [9.17, 15) is 9.59 Å². The van der Waals surface area contributed by atoms with Crippen LogP contribution in [-0.2, 0) is 29.1 Å². The van der Waals surface area contributed by atoms with Crippen molar-refractivity contribution in [1.82, 2.24) is 20.2 Å². The smallest absolute Gasteiger partial charge is 0.408 e. The lowest BCUT2D eigenvalue weighted by Gasteiger charge is -2.24. The lowest BCUT2D eigenvalue weighted by atomic mass is 10.0. The Morgan fingerprint density at radius 2 is 1.82 bits per heavy atom. The standard InChI is InChI=1S/C26H25ClN4O3/c1-31(16-19-11-12-24(27)29-14-19)25(32)23(13-20-15-28-22-10-6-5-9-21(20)22)30-26(33)34-17-18-7-3-2-4-8-18/h2-12,14-15,23,28H,13,16-17H2,1H3,(H,30,33)/t23-/m1/s1. The quantitative estimate of drug-likeness (QED) is 0.360. The number of para-hydroxylation sites is 1. The van der Waals surface area contributed by atoms with Crippen LogP contribution in [0.5, 0.6) is 0 Å². The van der Waals surface area contributed by atoms with Crippen molar-refractivity contribution < 1.29 is 14.3 Å². The van der Waals surface area contributed by atoms with Crippen LogP contribution in [0.4, 0.5) is 4.79 Å². The van der Waals surface area contributed by atoms with E-state index in [0.29, 0.717) is 18.1 Å². The van der Waals surface area contributed by atoms with Gasteiger partial charge in [0.2, 0.25) is 5.91 Å². The Morgan fingerprint density at radius 3 is 2.59 bits per heavy atom. The molecule has 2 aromatic carbocycles. The summed E-state index contributed by atoms with van der Waals surface area (Å²) in [5.41, 5.74) is 3.59. The maximum absolute atomic E-state index is 13.4. The molecule has 0 aliphatic heterocycles. The molecular formula is C26H25ClN4O3. The molecule has 0 radical (unpaired) electrons. The van der Waals surface area contributed by atoms with E-state index < -0.39 is 12.1 Å². The summed E-state index contributed by atoms with van der Waals surface area (Å²) < 4.78 is 5.37. The lowest BCUT2D eigenvalue weighted by Crippen LogP contribution is -2.48. The summed E-state index contributed by atoms with van der Waals surface area (Å²) in [5.74, 6) is -0.239. The molecule has 2 N–H and O–H groups in total. The van der Waals surface area contributed by atoms with Crippen molar-refractivity contribution in [3.63, 3.8) is 0 Å². The second-order valence-electron chi connectivity index (χ2n) is 8.01. The molecule has 4 aromatic rings. The number of fused-ring (bicyclic) bond motifs is 1. The summed E-state index contributed by atoms with van der Waals surface area (Å²) in [6.45, 7) is 0.446. The van der Waals surface area contributed by atoms with Gasteiger partial charge in [-0.25, -0.2) is 9.78 Å². The van der Waals surface area contributed by atoms with E-state index in [1.54, 1.807) is 24.2 Å². The Kier molecular flexibility index (Phi) is 7.44. The van der Waals surface area contributed by atoms with E-state index in [2.05, 4.69) is 15.3 Å². The first-order chi connectivity index (χ1) is 16.5. The van der Waals surface area contributed by atoms with Gasteiger partial charge in [0.25, 0.3) is 0 Å². The van der Waals surface area contributed by atoms with Crippen LogP contribution < -0.4 is 5.32 Å². The normalized spacial score (nSPS) is 11.7. The number of H-pyrrole nitrogens is 1. The molecule has 174 valence electrons. The minimum absolute atomic E-state index is 0.118. The molecule has 2 amide bonds. The number of nitrogens with zero attached hydrogens (tertiary/aromatic N) is 2. The summed E-state index contributed by atoms with van der Waals surface area (Å²) in [7, 11) is 1.69. The third-order valence-corrected chi connectivity index (χ3v) is 5.71. The zero-order valence-corrected chi connectivity index (χ0v) is 19.5. The molecule has 2 heterocycles. The molecule has 7 nitrogen and oxygen atoms in total. The molecule has 4 rings (SSSR count). The number of aromatic amines is 1. The first-order valence-corrected chi connectivity index (χ1v) is 11.2. The fourth-order valence-corrected chi connectivity index (χ4v) is 3.86. The molecular weight excluding hydrogens is 452 g/mol. The van der Waals surface area contributed by atoms with Gasteiger partial charge in [0, 0.05) is 43.3 Å². The number of benzene rings is 2. The van der Waals surface area contributed by atoms with Gasteiger partial charge < -0.3 is 19.9 Å². The number of halogens is 1. The number of alkyl carbamates (subject to hydrolysis) is 1. The first-order valence-electron chi connectivity index (χ1n) is 10.9. The van der Waals surface area contributed by atoms with Crippen molar-refractivity contribution in [3.8, 4) is 0 Å². The number of pyridine rings is 1. The highest BCUT2D eigenvalue weighted by atomic mass is 35.5. The minimum atomic E-state index is -0.812. The van der Waals surface area contributed by atoms with Crippen LogP contribution in [0.2, 0.25) is 5.15 Å². The molecule has 2 aromatic heterocycles. The average molecular weight is 477 g/mol. The van der Waals surface area contributed by atoms with Gasteiger partial charge in [-0.15, -0.1) is 0 Å². The summed E-state index contributed by atoms with van der Waals surface area (Å²) in [6.07, 6.45) is 3.16. The number of hydrogen-bond acceptors (Lipinski definition) is 4. The minimum Gasteiger partial charge on any atom is -0.445 e. The monoisotopic (exact) mass is 476 g/mol. The summed E-state index contributed by atoms with van der Waals surface area (Å²) in [4.78, 5) is 34.8. The molecule has 0 fully saturated rings. The van der Waals surface area contributed by atoms with E-state index in [4.69, 9.17) is 16.3 Å². The van der Waals surface area contributed by atoms with Crippen molar-refractivity contribution in [3.05, 3.63) is 101 Å². The second-order valence-corrected chi connectivity index (χ2v) is 8.39. The number of rotatable bonds is 8. The molecule has 8 heteroatoms. The Hall–Kier alpha value is -3.84. The fourth-order valence-electron chi connectivity index (χ4n) is 3.75. The predicted molar refractivity (Wildman–Crippen MR) is 131 cm³/mol. The van der Waals surface area contributed by atoms with Gasteiger partial charge in [0.05, 0.1) is 0 Å². The number of carbonyl (C=O) groups is 2. The first kappa shape index (κ1) is 23.3. The number of aromatic nitrogens is 2. The molecule has 0 unspecified atom stereocenters. The van der Waals surface area contributed by atoms with Crippen LogP contribution in [0.15, 0.2) is 79.1 Å². The zero-order valence-electron chi connectivity index (χ0n) is 18.7. The number of carbonyl (C=O) groups excluding carboxylic acids is 2. The Morgan fingerprint density at radius 1 is 1.06 bits per heavy atom. The number of hydrogen-bond donors (Lipinski definition) is 2. The molecule has 34 heavy (non-hydrogen) atoms. The van der Waals surface area contributed by atoms with Crippen molar-refractivity contribution in [1.29, 1.82) is 0 Å².